The van der Waals surface area contributed by atoms with Crippen molar-refractivity contribution in [2.75, 3.05) is 54.4 Å². The summed E-state index contributed by atoms with van der Waals surface area (Å²) in [6.45, 7) is 21.5. The molecule has 16 atom stereocenters. The minimum Gasteiger partial charge on any atom is -0.504 e. The Bertz CT molecular complexity index is 4630. The molecule has 0 aromatic heterocycles. The average molecular weight is 1630 g/mol. The Kier molecular flexibility index (Phi) is 25.7. The number of nitrogens with zero attached hydrogens (tertiary/aromatic N) is 4. The first kappa shape index (κ1) is 86.8. The molecule has 0 saturated heterocycles. The van der Waals surface area contributed by atoms with Crippen LogP contribution >= 0.6 is 0 Å². The minimum atomic E-state index is -1.00. The second kappa shape index (κ2) is 35.0. The lowest BCUT2D eigenvalue weighted by molar-refractivity contribution is -0.151. The third kappa shape index (κ3) is 17.2. The van der Waals surface area contributed by atoms with Crippen LogP contribution in [0, 0.1) is 35.5 Å². The lowest BCUT2D eigenvalue weighted by Gasteiger charge is -2.37. The number of nitrogens with two attached hydrogens (primary N) is 2. The number of aliphatic hydroxyl groups is 3. The van der Waals surface area contributed by atoms with Gasteiger partial charge >= 0.3 is 35.8 Å². The largest absolute Gasteiger partial charge is 0.504 e. The van der Waals surface area contributed by atoms with Crippen LogP contribution in [0.2, 0.25) is 0 Å². The number of esters is 4. The number of phenols is 1. The van der Waals surface area contributed by atoms with E-state index in [2.05, 4.69) is 72.1 Å². The molecule has 8 aliphatic heterocycles. The van der Waals surface area contributed by atoms with E-state index in [-0.39, 0.29) is 119 Å². The van der Waals surface area contributed by atoms with Gasteiger partial charge in [0.15, 0.2) is 46.0 Å². The van der Waals surface area contributed by atoms with E-state index in [1.165, 1.54) is 11.1 Å². The van der Waals surface area contributed by atoms with Gasteiger partial charge in [-0.05, 0) is 156 Å². The van der Waals surface area contributed by atoms with E-state index in [9.17, 15) is 64.2 Å². The van der Waals surface area contributed by atoms with Crippen molar-refractivity contribution in [3.05, 3.63) is 142 Å². The minimum absolute atomic E-state index is 0.00604. The summed E-state index contributed by atoms with van der Waals surface area (Å²) in [5, 5.41) is 59.5. The Morgan fingerprint density at radius 1 is 0.432 bits per heavy atom. The molecule has 8 heterocycles. The van der Waals surface area contributed by atoms with E-state index < -0.39 is 72.1 Å². The topological polar surface area (TPSA) is 380 Å². The molecule has 118 heavy (non-hydrogen) atoms. The Balaban J connectivity index is 0.000000137. The highest BCUT2D eigenvalue weighted by Crippen LogP contribution is 2.61. The van der Waals surface area contributed by atoms with Gasteiger partial charge in [0.1, 0.15) is 48.4 Å². The van der Waals surface area contributed by atoms with Gasteiger partial charge in [-0.3, -0.25) is 28.8 Å². The van der Waals surface area contributed by atoms with Crippen molar-refractivity contribution >= 4 is 41.6 Å². The fraction of sp³-hybridized carbons (Fsp3) is 0.571. The Hall–Kier alpha value is -9.03. The fourth-order valence-electron chi connectivity index (χ4n) is 19.3. The number of aliphatic hydroxyl groups excluding tert-OH is 3. The lowest BCUT2D eigenvalue weighted by Crippen LogP contribution is -2.45. The number of carboxylic acid groups (broad SMARTS) is 2. The molecule has 4 aliphatic carbocycles. The number of aliphatic carboxylic acids is 2. The summed E-state index contributed by atoms with van der Waals surface area (Å²) in [5.74, 6) is -2.56. The predicted molar refractivity (Wildman–Crippen MR) is 436 cm³/mol. The quantitative estimate of drug-likeness (QED) is 0.0246. The molecule has 0 fully saturated rings. The van der Waals surface area contributed by atoms with E-state index >= 15 is 0 Å². The molecule has 27 nitrogen and oxygen atoms in total. The monoisotopic (exact) mass is 1630 g/mol. The van der Waals surface area contributed by atoms with Crippen LogP contribution < -0.4 is 44.6 Å². The summed E-state index contributed by atoms with van der Waals surface area (Å²) < 4.78 is 47.7. The number of carboxylic acids is 2. The second-order valence-electron chi connectivity index (χ2n) is 36.1. The number of rotatable bonds is 19. The van der Waals surface area contributed by atoms with Gasteiger partial charge in [0.05, 0.1) is 64.6 Å². The van der Waals surface area contributed by atoms with Crippen LogP contribution in [0.15, 0.2) is 97.1 Å². The van der Waals surface area contributed by atoms with E-state index in [0.717, 1.165) is 111 Å². The number of Topliss-reactive ketones (excluding diaryl/α,β-unsaturated/α-hetero) is 1. The number of ether oxygens (including phenoxy) is 8. The number of hydrogen-bond acceptors (Lipinski definition) is 25. The summed E-state index contributed by atoms with van der Waals surface area (Å²) in [6, 6.07) is 13.6. The summed E-state index contributed by atoms with van der Waals surface area (Å²) in [4.78, 5) is 94.0. The maximum absolute atomic E-state index is 12.6. The van der Waals surface area contributed by atoms with Crippen LogP contribution in [-0.2, 0) is 86.1 Å². The molecule has 16 rings (SSSR count). The normalized spacial score (nSPS) is 28.6. The Labute approximate surface area is 690 Å². The standard InChI is InChI=1S/C26H33NO7.C23H29NO6.2C21H28N2O4/c1-15(2)19(25(31)32)12-17(28)5-7-22(30)33-20-6-4-16-14-27(3)11-10-26-9-8-18(29)13-21(26)34-24(20)23(16)26;1-13(2)16(22(27)28)11-19(26)29-17-5-4-14-12-24(3)9-8-23-7-6-15(25)10-18(23)30-21(17)20(14)23;1-12(2)18(22)20(25)26-14-6-7-21-8-9-23(3)11-13-4-5-15(24)19(17(13)21)27-16(21)10-14;1-12(2)18(22)20(25)26-15-5-4-13-11-23(3)9-8-21-7-6-14(24)10-16(21)27-19(15)17(13)21/h4,6,8-9,15,18-19,21,29H,5,7,10-14H2,1-3H3,(H,31,32);4-7,13,15-16,18,25H,8-12H2,1-3H3,(H,27,28);2*4-7,12,14,16,18,24H,8-11,22H2,1-3H3/t18-,19-,21-,26-;15-,16-,18-,23-;2*14-,16-,18-,21-/m0000/s1. The maximum atomic E-state index is 12.6. The highest BCUT2D eigenvalue weighted by atomic mass is 16.6. The fourth-order valence-corrected chi connectivity index (χ4v) is 19.3. The first-order valence-corrected chi connectivity index (χ1v) is 41.8. The van der Waals surface area contributed by atoms with Gasteiger partial charge in [-0.2, -0.15) is 0 Å². The molecular weight excluding hydrogens is 1510 g/mol. The van der Waals surface area contributed by atoms with Crippen molar-refractivity contribution in [2.24, 2.45) is 47.0 Å². The van der Waals surface area contributed by atoms with Gasteiger partial charge in [-0.15, -0.1) is 0 Å². The molecular formula is C91H118N6O21. The van der Waals surface area contributed by atoms with Crippen molar-refractivity contribution < 1.29 is 102 Å². The molecule has 638 valence electrons. The molecule has 4 spiro atoms. The average Bonchev–Trinajstić information content (AvgIpc) is 1.58. The number of hydrogen-bond donors (Lipinski definition) is 8. The van der Waals surface area contributed by atoms with Crippen LogP contribution in [0.4, 0.5) is 0 Å². The van der Waals surface area contributed by atoms with Crippen molar-refractivity contribution in [3.63, 3.8) is 0 Å². The first-order valence-electron chi connectivity index (χ1n) is 41.8. The summed E-state index contributed by atoms with van der Waals surface area (Å²) >= 11 is 0. The summed E-state index contributed by atoms with van der Waals surface area (Å²) in [6.07, 6.45) is 18.1. The molecule has 0 unspecified atom stereocenters. The molecule has 0 radical (unpaired) electrons. The first-order chi connectivity index (χ1) is 55.9. The van der Waals surface area contributed by atoms with Crippen molar-refractivity contribution in [3.8, 4) is 46.0 Å². The van der Waals surface area contributed by atoms with E-state index in [0.29, 0.717) is 65.9 Å². The molecule has 4 aromatic carbocycles. The second-order valence-corrected chi connectivity index (χ2v) is 36.1. The number of benzene rings is 4. The third-order valence-corrected chi connectivity index (χ3v) is 26.3. The number of carbonyl (C=O) groups excluding carboxylic acids is 5. The van der Waals surface area contributed by atoms with Gasteiger partial charge in [0.2, 0.25) is 0 Å². The summed E-state index contributed by atoms with van der Waals surface area (Å²) in [5.41, 5.74) is 19.5. The van der Waals surface area contributed by atoms with Crippen molar-refractivity contribution in [1.29, 1.82) is 0 Å². The highest BCUT2D eigenvalue weighted by molar-refractivity contribution is 5.87. The number of ketones is 1. The SMILES string of the molecule is CC(C)[C@H](CC(=O)CCC(=O)Oc1ccc2c3c1O[C@H]1C[C@@H](O)C=C[C@@]31CCN(C)C2)C(=O)O.CC(C)[C@H](CC(=O)Oc1ccc2c3c1O[C@H]1C[C@@H](O)C=C[C@@]31CCN(C)C2)C(=O)O.CC(C)[C@H](N)C(=O)O[C@H]1C=C[C@@]23CCN(C)Cc4ccc(O)c(c42)O[C@H]3C1.CC(C)[C@H](N)C(=O)Oc1ccc2c3c1O[C@H]1C[C@@H](O)C=C[C@@]31CCN(C)C2. The zero-order valence-corrected chi connectivity index (χ0v) is 69.9. The number of aromatic hydroxyl groups is 1. The van der Waals surface area contributed by atoms with Gasteiger partial charge < -0.3 is 99.6 Å². The van der Waals surface area contributed by atoms with Crippen LogP contribution in [0.3, 0.4) is 0 Å². The molecule has 0 bridgehead atoms. The third-order valence-electron chi connectivity index (χ3n) is 26.3. The summed E-state index contributed by atoms with van der Waals surface area (Å²) in [7, 11) is 8.36. The van der Waals surface area contributed by atoms with Gasteiger partial charge in [0, 0.05) is 87.0 Å². The molecule has 10 N–H and O–H groups in total. The van der Waals surface area contributed by atoms with Crippen LogP contribution in [0.1, 0.15) is 177 Å². The zero-order chi connectivity index (χ0) is 84.9. The van der Waals surface area contributed by atoms with E-state index in [1.54, 1.807) is 45.9 Å². The smallest absolute Gasteiger partial charge is 0.328 e. The highest BCUT2D eigenvalue weighted by Gasteiger charge is 2.58. The van der Waals surface area contributed by atoms with Crippen LogP contribution in [0.25, 0.3) is 0 Å². The maximum Gasteiger partial charge on any atom is 0.328 e. The molecule has 4 aromatic rings. The van der Waals surface area contributed by atoms with Gasteiger partial charge in [-0.1, -0.05) is 122 Å². The Morgan fingerprint density at radius 2 is 0.771 bits per heavy atom. The molecule has 0 saturated carbocycles. The molecule has 0 amide bonds. The van der Waals surface area contributed by atoms with Crippen molar-refractivity contribution in [2.45, 2.75) is 241 Å². The van der Waals surface area contributed by atoms with E-state index in [4.69, 9.17) is 49.4 Å². The zero-order valence-electron chi connectivity index (χ0n) is 69.9. The van der Waals surface area contributed by atoms with Gasteiger partial charge in [0.25, 0.3) is 0 Å². The van der Waals surface area contributed by atoms with Crippen LogP contribution in [-0.4, -0.2) is 207 Å². The van der Waals surface area contributed by atoms with Gasteiger partial charge in [-0.25, -0.2) is 4.79 Å². The number of phenolic OH excluding ortho intramolecular Hbond substituents is 1. The number of carbonyl (C=O) groups is 7. The van der Waals surface area contributed by atoms with Crippen LogP contribution in [0.5, 0.6) is 46.0 Å². The lowest BCUT2D eigenvalue weighted by atomic mass is 9.69. The molecule has 12 aliphatic rings. The Morgan fingerprint density at radius 3 is 1.16 bits per heavy atom. The molecule has 27 heteroatoms. The predicted octanol–water partition coefficient (Wildman–Crippen LogP) is 9.15. The van der Waals surface area contributed by atoms with Crippen molar-refractivity contribution in [1.82, 2.24) is 19.6 Å². The van der Waals surface area contributed by atoms with E-state index in [1.807, 2.05) is 82.3 Å².